The zero-order valence-corrected chi connectivity index (χ0v) is 25.7. The van der Waals surface area contributed by atoms with Crippen molar-refractivity contribution < 1.29 is 22.7 Å². The highest BCUT2D eigenvalue weighted by atomic mass is 35.5. The molecule has 2 amide bonds. The lowest BCUT2D eigenvalue weighted by Gasteiger charge is -2.32. The SMILES string of the molecule is CCOc1ccc(N(CC(=O)N(Cc2ccc(C)cc2)C(C)C(=O)NCC(C)C)S(=O)(=O)c2ccc(Cl)cc2)cc1. The van der Waals surface area contributed by atoms with Crippen LogP contribution in [0.5, 0.6) is 5.75 Å². The average Bonchev–Trinajstić information content (AvgIpc) is 2.94. The van der Waals surface area contributed by atoms with E-state index in [1.807, 2.05) is 52.0 Å². The summed E-state index contributed by atoms with van der Waals surface area (Å²) in [5.74, 6) is -0.0357. The Balaban J connectivity index is 2.01. The number of amides is 2. The largest absolute Gasteiger partial charge is 0.494 e. The number of nitrogens with one attached hydrogen (secondary N) is 1. The summed E-state index contributed by atoms with van der Waals surface area (Å²) in [7, 11) is -4.18. The highest BCUT2D eigenvalue weighted by molar-refractivity contribution is 7.92. The monoisotopic (exact) mass is 599 g/mol. The highest BCUT2D eigenvalue weighted by Crippen LogP contribution is 2.27. The number of anilines is 1. The number of hydrogen-bond donors (Lipinski definition) is 1. The molecule has 0 aliphatic carbocycles. The predicted molar refractivity (Wildman–Crippen MR) is 163 cm³/mol. The van der Waals surface area contributed by atoms with Gasteiger partial charge in [-0.2, -0.15) is 0 Å². The van der Waals surface area contributed by atoms with Crippen LogP contribution in [0.3, 0.4) is 0 Å². The average molecular weight is 600 g/mol. The van der Waals surface area contributed by atoms with Crippen molar-refractivity contribution >= 4 is 39.1 Å². The molecule has 0 saturated carbocycles. The Morgan fingerprint density at radius 2 is 1.54 bits per heavy atom. The minimum absolute atomic E-state index is 0.0172. The number of sulfonamides is 1. The Labute approximate surface area is 248 Å². The van der Waals surface area contributed by atoms with Crippen molar-refractivity contribution in [3.8, 4) is 5.75 Å². The van der Waals surface area contributed by atoms with E-state index in [4.69, 9.17) is 16.3 Å². The number of halogens is 1. The van der Waals surface area contributed by atoms with Gasteiger partial charge in [-0.05, 0) is 80.8 Å². The summed E-state index contributed by atoms with van der Waals surface area (Å²) in [5.41, 5.74) is 2.16. The number of aryl methyl sites for hydroxylation is 1. The number of benzene rings is 3. The van der Waals surface area contributed by atoms with Crippen molar-refractivity contribution in [1.82, 2.24) is 10.2 Å². The van der Waals surface area contributed by atoms with E-state index in [1.54, 1.807) is 31.2 Å². The molecule has 41 heavy (non-hydrogen) atoms. The number of carbonyl (C=O) groups is 2. The van der Waals surface area contributed by atoms with E-state index in [0.717, 1.165) is 15.4 Å². The first-order valence-electron chi connectivity index (χ1n) is 13.6. The second kappa shape index (κ2) is 14.4. The van der Waals surface area contributed by atoms with Crippen molar-refractivity contribution in [3.63, 3.8) is 0 Å². The lowest BCUT2D eigenvalue weighted by atomic mass is 10.1. The normalized spacial score (nSPS) is 12.1. The summed E-state index contributed by atoms with van der Waals surface area (Å²) >= 11 is 6.01. The molecule has 8 nitrogen and oxygen atoms in total. The Morgan fingerprint density at radius 1 is 0.927 bits per heavy atom. The number of rotatable bonds is 13. The van der Waals surface area contributed by atoms with Gasteiger partial charge in [0.1, 0.15) is 18.3 Å². The molecule has 0 heterocycles. The maximum Gasteiger partial charge on any atom is 0.264 e. The Bertz CT molecular complexity index is 1410. The first kappa shape index (κ1) is 32.0. The van der Waals surface area contributed by atoms with Crippen molar-refractivity contribution in [2.45, 2.75) is 52.1 Å². The number of ether oxygens (including phenoxy) is 1. The van der Waals surface area contributed by atoms with E-state index in [-0.39, 0.29) is 29.0 Å². The van der Waals surface area contributed by atoms with Crippen LogP contribution >= 0.6 is 11.6 Å². The van der Waals surface area contributed by atoms with Crippen LogP contribution < -0.4 is 14.4 Å². The quantitative estimate of drug-likeness (QED) is 0.283. The summed E-state index contributed by atoms with van der Waals surface area (Å²) < 4.78 is 34.3. The third kappa shape index (κ3) is 8.71. The molecule has 3 rings (SSSR count). The fourth-order valence-corrected chi connectivity index (χ4v) is 5.60. The minimum Gasteiger partial charge on any atom is -0.494 e. The second-order valence-corrected chi connectivity index (χ2v) is 12.5. The van der Waals surface area contributed by atoms with Crippen LogP contribution in [0.15, 0.2) is 77.7 Å². The molecule has 0 aliphatic rings. The molecule has 1 N–H and O–H groups in total. The van der Waals surface area contributed by atoms with Crippen LogP contribution in [0, 0.1) is 12.8 Å². The van der Waals surface area contributed by atoms with E-state index in [1.165, 1.54) is 29.2 Å². The maximum absolute atomic E-state index is 14.0. The van der Waals surface area contributed by atoms with Crippen molar-refractivity contribution in [3.05, 3.63) is 88.9 Å². The summed E-state index contributed by atoms with van der Waals surface area (Å²) in [6.45, 7) is 9.95. The third-order valence-corrected chi connectivity index (χ3v) is 8.48. The Hall–Kier alpha value is -3.56. The van der Waals surface area contributed by atoms with E-state index in [9.17, 15) is 18.0 Å². The van der Waals surface area contributed by atoms with Crippen molar-refractivity contribution in [2.75, 3.05) is 24.0 Å². The van der Waals surface area contributed by atoms with Gasteiger partial charge in [-0.1, -0.05) is 55.3 Å². The van der Waals surface area contributed by atoms with Gasteiger partial charge in [0.15, 0.2) is 0 Å². The zero-order chi connectivity index (χ0) is 30.2. The van der Waals surface area contributed by atoms with Gasteiger partial charge < -0.3 is 15.0 Å². The van der Waals surface area contributed by atoms with Gasteiger partial charge in [0.05, 0.1) is 17.2 Å². The lowest BCUT2D eigenvalue weighted by molar-refractivity contribution is -0.139. The topological polar surface area (TPSA) is 96.0 Å². The number of nitrogens with zero attached hydrogens (tertiary/aromatic N) is 2. The van der Waals surface area contributed by atoms with Crippen molar-refractivity contribution in [1.29, 1.82) is 0 Å². The molecule has 3 aromatic carbocycles. The fraction of sp³-hybridized carbons (Fsp3) is 0.355. The molecule has 0 spiro atoms. The molecular formula is C31H38ClN3O5S. The second-order valence-electron chi connectivity index (χ2n) is 10.2. The molecule has 3 aromatic rings. The molecule has 0 fully saturated rings. The van der Waals surface area contributed by atoms with Crippen LogP contribution in [0.2, 0.25) is 5.02 Å². The van der Waals surface area contributed by atoms with E-state index < -0.39 is 28.5 Å². The smallest absolute Gasteiger partial charge is 0.264 e. The standard InChI is InChI=1S/C31H38ClN3O5S/c1-6-40-28-15-13-27(14-16-28)35(41(38,39)29-17-11-26(32)12-18-29)21-30(36)34(20-25-9-7-23(4)8-10-25)24(5)31(37)33-19-22(2)3/h7-18,22,24H,6,19-21H2,1-5H3,(H,33,37). The van der Waals surface area contributed by atoms with Crippen molar-refractivity contribution in [2.24, 2.45) is 5.92 Å². The zero-order valence-electron chi connectivity index (χ0n) is 24.1. The molecule has 0 saturated heterocycles. The molecular weight excluding hydrogens is 562 g/mol. The van der Waals surface area contributed by atoms with Crippen LogP contribution in [0.1, 0.15) is 38.8 Å². The van der Waals surface area contributed by atoms with E-state index >= 15 is 0 Å². The summed E-state index contributed by atoms with van der Waals surface area (Å²) in [4.78, 5) is 28.5. The van der Waals surface area contributed by atoms with Gasteiger partial charge in [0, 0.05) is 18.1 Å². The molecule has 1 unspecified atom stereocenters. The molecule has 1 atom stereocenters. The first-order chi connectivity index (χ1) is 19.4. The van der Waals surface area contributed by atoms with Gasteiger partial charge in [0.2, 0.25) is 11.8 Å². The summed E-state index contributed by atoms with van der Waals surface area (Å²) in [5, 5.41) is 3.27. The lowest BCUT2D eigenvalue weighted by Crippen LogP contribution is -2.51. The fourth-order valence-electron chi connectivity index (χ4n) is 4.06. The van der Waals surface area contributed by atoms with Crippen LogP contribution in [-0.2, 0) is 26.2 Å². The molecule has 0 aliphatic heterocycles. The molecule has 0 radical (unpaired) electrons. The summed E-state index contributed by atoms with van der Waals surface area (Å²) in [6, 6.07) is 19.1. The number of hydrogen-bond acceptors (Lipinski definition) is 5. The maximum atomic E-state index is 14.0. The van der Waals surface area contributed by atoms with Gasteiger partial charge in [-0.15, -0.1) is 0 Å². The predicted octanol–water partition coefficient (Wildman–Crippen LogP) is 5.43. The minimum atomic E-state index is -4.18. The van der Waals surface area contributed by atoms with Crippen LogP contribution in [0.25, 0.3) is 0 Å². The van der Waals surface area contributed by atoms with Gasteiger partial charge >= 0.3 is 0 Å². The molecule has 10 heteroatoms. The van der Waals surface area contributed by atoms with Gasteiger partial charge in [-0.25, -0.2) is 8.42 Å². The van der Waals surface area contributed by atoms with E-state index in [0.29, 0.717) is 23.9 Å². The first-order valence-corrected chi connectivity index (χ1v) is 15.4. The Kier molecular flexibility index (Phi) is 11.2. The third-order valence-electron chi connectivity index (χ3n) is 6.44. The molecule has 0 aromatic heterocycles. The summed E-state index contributed by atoms with van der Waals surface area (Å²) in [6.07, 6.45) is 0. The Morgan fingerprint density at radius 3 is 2.10 bits per heavy atom. The highest BCUT2D eigenvalue weighted by Gasteiger charge is 2.32. The molecule has 0 bridgehead atoms. The number of carbonyl (C=O) groups excluding carboxylic acids is 2. The molecule has 220 valence electrons. The van der Waals surface area contributed by atoms with Gasteiger partial charge in [-0.3, -0.25) is 13.9 Å². The van der Waals surface area contributed by atoms with Crippen LogP contribution in [0.4, 0.5) is 5.69 Å². The van der Waals surface area contributed by atoms with Crippen LogP contribution in [-0.4, -0.2) is 50.9 Å². The van der Waals surface area contributed by atoms with Gasteiger partial charge in [0.25, 0.3) is 10.0 Å². The van der Waals surface area contributed by atoms with E-state index in [2.05, 4.69) is 5.32 Å².